The third-order valence-electron chi connectivity index (χ3n) is 8.48. The van der Waals surface area contributed by atoms with Gasteiger partial charge in [-0.2, -0.15) is 0 Å². The minimum Gasteiger partial charge on any atom is -0.373 e. The first-order valence-corrected chi connectivity index (χ1v) is 13.9. The predicted molar refractivity (Wildman–Crippen MR) is 141 cm³/mol. The second-order valence-electron chi connectivity index (χ2n) is 10.8. The Morgan fingerprint density at radius 3 is 2.03 bits per heavy atom. The molecule has 2 fully saturated rings. The molecule has 0 radical (unpaired) electrons. The molecule has 0 saturated heterocycles. The van der Waals surface area contributed by atoms with Crippen molar-refractivity contribution in [1.29, 1.82) is 0 Å². The Hall–Kier alpha value is -2.00. The number of hydrogen-bond donors (Lipinski definition) is 0. The molecule has 2 aromatic rings. The number of ether oxygens (including phenoxy) is 1. The van der Waals surface area contributed by atoms with E-state index >= 15 is 0 Å². The van der Waals surface area contributed by atoms with Crippen LogP contribution < -0.4 is 0 Å². The lowest BCUT2D eigenvalue weighted by Crippen LogP contribution is -2.28. The van der Waals surface area contributed by atoms with Crippen molar-refractivity contribution in [2.24, 2.45) is 11.8 Å². The molecule has 0 heterocycles. The molecule has 2 aromatic carbocycles. The van der Waals surface area contributed by atoms with Crippen LogP contribution in [-0.2, 0) is 24.2 Å². The monoisotopic (exact) mass is 480 g/mol. The van der Waals surface area contributed by atoms with Crippen LogP contribution in [0.5, 0.6) is 0 Å². The summed E-state index contributed by atoms with van der Waals surface area (Å²) < 4.78 is 34.7. The van der Waals surface area contributed by atoms with Crippen molar-refractivity contribution in [1.82, 2.24) is 0 Å². The second-order valence-corrected chi connectivity index (χ2v) is 10.8. The molecule has 190 valence electrons. The highest BCUT2D eigenvalue weighted by molar-refractivity contribution is 5.27. The first kappa shape index (κ1) is 26.1. The molecule has 4 rings (SSSR count). The summed E-state index contributed by atoms with van der Waals surface area (Å²) in [5.41, 5.74) is 3.72. The summed E-state index contributed by atoms with van der Waals surface area (Å²) in [4.78, 5) is 0. The zero-order valence-electron chi connectivity index (χ0n) is 21.4. The van der Waals surface area contributed by atoms with Gasteiger partial charge in [0.1, 0.15) is 0 Å². The van der Waals surface area contributed by atoms with E-state index < -0.39 is 11.6 Å². The van der Waals surface area contributed by atoms with Crippen molar-refractivity contribution in [2.45, 2.75) is 103 Å². The van der Waals surface area contributed by atoms with Gasteiger partial charge < -0.3 is 4.74 Å². The Kier molecular flexibility index (Phi) is 9.54. The molecule has 2 aliphatic carbocycles. The quantitative estimate of drug-likeness (QED) is 0.308. The molecule has 1 nitrogen and oxygen atoms in total. The molecule has 3 heteroatoms. The number of benzene rings is 2. The first-order valence-electron chi connectivity index (χ1n) is 13.9. The van der Waals surface area contributed by atoms with E-state index in [1.54, 1.807) is 12.1 Å². The lowest BCUT2D eigenvalue weighted by molar-refractivity contribution is -0.00322. The van der Waals surface area contributed by atoms with Crippen LogP contribution in [0.3, 0.4) is 0 Å². The molecule has 35 heavy (non-hydrogen) atoms. The van der Waals surface area contributed by atoms with Crippen LogP contribution in [0.2, 0.25) is 0 Å². The highest BCUT2D eigenvalue weighted by atomic mass is 19.2. The molecular weight excluding hydrogens is 438 g/mol. The molecule has 0 atom stereocenters. The van der Waals surface area contributed by atoms with Gasteiger partial charge >= 0.3 is 0 Å². The van der Waals surface area contributed by atoms with E-state index in [4.69, 9.17) is 4.74 Å². The highest BCUT2D eigenvalue weighted by Crippen LogP contribution is 2.43. The van der Waals surface area contributed by atoms with Crippen LogP contribution >= 0.6 is 0 Å². The van der Waals surface area contributed by atoms with Crippen LogP contribution in [0, 0.1) is 23.5 Å². The van der Waals surface area contributed by atoms with Crippen LogP contribution in [-0.4, -0.2) is 6.10 Å². The van der Waals surface area contributed by atoms with Crippen molar-refractivity contribution >= 4 is 0 Å². The summed E-state index contributed by atoms with van der Waals surface area (Å²) in [5, 5.41) is 0. The molecule has 2 aliphatic rings. The van der Waals surface area contributed by atoms with E-state index in [1.165, 1.54) is 49.7 Å². The van der Waals surface area contributed by atoms with Gasteiger partial charge in [-0.25, -0.2) is 8.78 Å². The minimum absolute atomic E-state index is 0.167. The van der Waals surface area contributed by atoms with Crippen molar-refractivity contribution in [3.8, 4) is 0 Å². The predicted octanol–water partition coefficient (Wildman–Crippen LogP) is 9.09. The normalized spacial score (nSPS) is 24.9. The maximum absolute atomic E-state index is 14.4. The Morgan fingerprint density at radius 2 is 1.40 bits per heavy atom. The van der Waals surface area contributed by atoms with E-state index in [9.17, 15) is 8.78 Å². The Bertz CT molecular complexity index is 935. The van der Waals surface area contributed by atoms with Crippen molar-refractivity contribution in [3.05, 3.63) is 82.9 Å². The maximum atomic E-state index is 14.4. The third kappa shape index (κ3) is 6.82. The molecule has 0 aromatic heterocycles. The fraction of sp³-hybridized carbons (Fsp3) is 0.562. The lowest BCUT2D eigenvalue weighted by atomic mass is 9.69. The zero-order valence-corrected chi connectivity index (χ0v) is 21.4. The molecule has 0 aliphatic heterocycles. The highest BCUT2D eigenvalue weighted by Gasteiger charge is 2.31. The van der Waals surface area contributed by atoms with Gasteiger partial charge in [0.2, 0.25) is 0 Å². The smallest absolute Gasteiger partial charge is 0.164 e. The average molecular weight is 481 g/mol. The van der Waals surface area contributed by atoms with Gasteiger partial charge in [-0.15, -0.1) is 6.58 Å². The van der Waals surface area contributed by atoms with Gasteiger partial charge in [0.15, 0.2) is 11.6 Å². The van der Waals surface area contributed by atoms with Crippen molar-refractivity contribution in [3.63, 3.8) is 0 Å². The SMILES string of the molecule is C=CCCc1ccc(C2CCC(C3CCC(OCc4ccc(CCC)c(F)c4F)CC3)CC2)cc1. The van der Waals surface area contributed by atoms with E-state index in [0.29, 0.717) is 23.5 Å². The summed E-state index contributed by atoms with van der Waals surface area (Å²) >= 11 is 0. The fourth-order valence-corrected chi connectivity index (χ4v) is 6.29. The van der Waals surface area contributed by atoms with Gasteiger partial charge in [0.25, 0.3) is 0 Å². The van der Waals surface area contributed by atoms with Gasteiger partial charge in [0, 0.05) is 5.56 Å². The fourth-order valence-electron chi connectivity index (χ4n) is 6.29. The number of allylic oxidation sites excluding steroid dienone is 1. The molecule has 2 saturated carbocycles. The average Bonchev–Trinajstić information content (AvgIpc) is 2.90. The topological polar surface area (TPSA) is 9.23 Å². The van der Waals surface area contributed by atoms with Crippen LogP contribution in [0.4, 0.5) is 8.78 Å². The lowest BCUT2D eigenvalue weighted by Gasteiger charge is -2.38. The van der Waals surface area contributed by atoms with Gasteiger partial charge in [-0.1, -0.05) is 55.8 Å². The van der Waals surface area contributed by atoms with E-state index in [0.717, 1.165) is 43.9 Å². The van der Waals surface area contributed by atoms with Crippen molar-refractivity contribution < 1.29 is 13.5 Å². The zero-order chi connectivity index (χ0) is 24.6. The van der Waals surface area contributed by atoms with Crippen LogP contribution in [0.15, 0.2) is 49.1 Å². The molecule has 0 unspecified atom stereocenters. The third-order valence-corrected chi connectivity index (χ3v) is 8.48. The summed E-state index contributed by atoms with van der Waals surface area (Å²) in [6.45, 7) is 5.96. The summed E-state index contributed by atoms with van der Waals surface area (Å²) in [5.74, 6) is 0.901. The maximum Gasteiger partial charge on any atom is 0.164 e. The number of rotatable bonds is 10. The largest absolute Gasteiger partial charge is 0.373 e. The number of hydrogen-bond acceptors (Lipinski definition) is 1. The van der Waals surface area contributed by atoms with Crippen molar-refractivity contribution in [2.75, 3.05) is 0 Å². The second kappa shape index (κ2) is 12.8. The first-order chi connectivity index (χ1) is 17.1. The number of halogens is 2. The molecular formula is C32H42F2O. The van der Waals surface area contributed by atoms with Crippen LogP contribution in [0.1, 0.15) is 99.3 Å². The van der Waals surface area contributed by atoms with E-state index in [2.05, 4.69) is 30.8 Å². The van der Waals surface area contributed by atoms with E-state index in [1.807, 2.05) is 13.0 Å². The Morgan fingerprint density at radius 1 is 0.800 bits per heavy atom. The molecule has 0 spiro atoms. The van der Waals surface area contributed by atoms with E-state index in [-0.39, 0.29) is 12.7 Å². The molecule has 0 amide bonds. The number of aryl methyl sites for hydroxylation is 2. The summed E-state index contributed by atoms with van der Waals surface area (Å²) in [7, 11) is 0. The molecule has 0 bridgehead atoms. The Labute approximate surface area is 211 Å². The van der Waals surface area contributed by atoms with Gasteiger partial charge in [0.05, 0.1) is 12.7 Å². The summed E-state index contributed by atoms with van der Waals surface area (Å²) in [6, 6.07) is 12.7. The minimum atomic E-state index is -0.729. The van der Waals surface area contributed by atoms with Gasteiger partial charge in [-0.05, 0) is 105 Å². The standard InChI is InChI=1S/C32H42F2O/c1-3-5-7-23-8-10-24(11-9-23)25-12-14-26(15-13-25)27-18-20-30(21-19-27)35-22-29-17-16-28(6-4-2)31(33)32(29)34/h3,8-11,16-17,25-27,30H,1,4-7,12-15,18-22H2,2H3. The molecule has 0 N–H and O–H groups in total. The van der Waals surface area contributed by atoms with Gasteiger partial charge in [-0.3, -0.25) is 0 Å². The summed E-state index contributed by atoms with van der Waals surface area (Å²) in [6.07, 6.45) is 15.4. The van der Waals surface area contributed by atoms with Crippen LogP contribution in [0.25, 0.3) is 0 Å². The Balaban J connectivity index is 1.19.